The molecule has 0 atom stereocenters. The third-order valence-corrected chi connectivity index (χ3v) is 4.02. The molecule has 4 nitrogen and oxygen atoms in total. The van der Waals surface area contributed by atoms with Gasteiger partial charge in [-0.1, -0.05) is 12.1 Å². The molecule has 0 aliphatic heterocycles. The molecule has 0 saturated heterocycles. The average Bonchev–Trinajstić information content (AvgIpc) is 2.97. The first-order chi connectivity index (χ1) is 8.33. The lowest BCUT2D eigenvalue weighted by molar-refractivity contribution is 0.207. The Balaban J connectivity index is 1.66. The van der Waals surface area contributed by atoms with Gasteiger partial charge in [0.2, 0.25) is 0 Å². The van der Waals surface area contributed by atoms with Crippen molar-refractivity contribution in [2.75, 3.05) is 13.2 Å². The van der Waals surface area contributed by atoms with Crippen LogP contribution in [-0.2, 0) is 6.54 Å². The molecule has 0 amide bonds. The molecule has 1 aromatic carbocycles. The second kappa shape index (κ2) is 4.33. The number of nitrogens with zero attached hydrogens (tertiary/aromatic N) is 2. The highest BCUT2D eigenvalue weighted by Crippen LogP contribution is 2.44. The maximum absolute atomic E-state index is 9.23. The summed E-state index contributed by atoms with van der Waals surface area (Å²) in [5.41, 5.74) is 3.32. The number of fused-ring (bicyclic) bond motifs is 1. The first-order valence-corrected chi connectivity index (χ1v) is 6.58. The van der Waals surface area contributed by atoms with Crippen molar-refractivity contribution in [3.63, 3.8) is 0 Å². The van der Waals surface area contributed by atoms with Gasteiger partial charge in [0, 0.05) is 25.1 Å². The molecule has 1 fully saturated rings. The number of hydrogen-bond acceptors (Lipinski definition) is 5. The van der Waals surface area contributed by atoms with Crippen molar-refractivity contribution in [2.45, 2.75) is 19.4 Å². The molecular weight excluding hydrogens is 234 g/mol. The Morgan fingerprint density at radius 1 is 1.35 bits per heavy atom. The van der Waals surface area contributed by atoms with E-state index in [4.69, 9.17) is 0 Å². The lowest BCUT2D eigenvalue weighted by Gasteiger charge is -2.12. The summed E-state index contributed by atoms with van der Waals surface area (Å²) in [6, 6.07) is 6.08. The summed E-state index contributed by atoms with van der Waals surface area (Å²) in [5, 5.41) is 12.6. The van der Waals surface area contributed by atoms with Gasteiger partial charge in [-0.05, 0) is 24.5 Å². The van der Waals surface area contributed by atoms with E-state index in [1.807, 2.05) is 12.1 Å². The van der Waals surface area contributed by atoms with Crippen LogP contribution in [0.5, 0.6) is 0 Å². The van der Waals surface area contributed by atoms with Crippen LogP contribution in [0.3, 0.4) is 0 Å². The van der Waals surface area contributed by atoms with Gasteiger partial charge in [0.15, 0.2) is 0 Å². The van der Waals surface area contributed by atoms with Gasteiger partial charge >= 0.3 is 0 Å². The normalized spacial score (nSPS) is 17.5. The fraction of sp³-hybridized carbons (Fsp3) is 0.500. The number of benzene rings is 1. The second-order valence-corrected chi connectivity index (χ2v) is 5.34. The van der Waals surface area contributed by atoms with E-state index in [9.17, 15) is 5.11 Å². The Kier molecular flexibility index (Phi) is 2.82. The van der Waals surface area contributed by atoms with Gasteiger partial charge in [0.25, 0.3) is 0 Å². The van der Waals surface area contributed by atoms with Crippen LogP contribution in [0, 0.1) is 5.41 Å². The molecule has 90 valence electrons. The van der Waals surface area contributed by atoms with Crippen molar-refractivity contribution in [2.24, 2.45) is 5.41 Å². The van der Waals surface area contributed by atoms with Crippen molar-refractivity contribution < 1.29 is 5.11 Å². The largest absolute Gasteiger partial charge is 0.396 e. The summed E-state index contributed by atoms with van der Waals surface area (Å²) in [6.07, 6.45) is 2.28. The molecule has 1 saturated carbocycles. The molecule has 17 heavy (non-hydrogen) atoms. The number of aliphatic hydroxyl groups excluding tert-OH is 1. The summed E-state index contributed by atoms with van der Waals surface area (Å²) in [5.74, 6) is 0. The van der Waals surface area contributed by atoms with E-state index in [1.165, 1.54) is 17.3 Å². The van der Waals surface area contributed by atoms with Crippen LogP contribution in [0.1, 0.15) is 18.4 Å². The number of nitrogens with one attached hydrogen (secondary N) is 1. The average molecular weight is 249 g/mol. The molecule has 0 bridgehead atoms. The van der Waals surface area contributed by atoms with Crippen LogP contribution in [-0.4, -0.2) is 27.0 Å². The zero-order valence-electron chi connectivity index (χ0n) is 9.52. The molecule has 1 aliphatic carbocycles. The van der Waals surface area contributed by atoms with Crippen LogP contribution < -0.4 is 5.32 Å². The van der Waals surface area contributed by atoms with E-state index in [0.29, 0.717) is 6.61 Å². The zero-order valence-corrected chi connectivity index (χ0v) is 10.3. The highest BCUT2D eigenvalue weighted by molar-refractivity contribution is 7.00. The van der Waals surface area contributed by atoms with E-state index in [1.54, 1.807) is 0 Å². The SMILES string of the molecule is OCC1(CNCc2cccc3nsnc23)CC1. The minimum Gasteiger partial charge on any atom is -0.396 e. The Bertz CT molecular complexity index is 521. The molecule has 3 rings (SSSR count). The monoisotopic (exact) mass is 249 g/mol. The predicted octanol–water partition coefficient (Wildman–Crippen LogP) is 1.55. The highest BCUT2D eigenvalue weighted by Gasteiger charge is 2.41. The van der Waals surface area contributed by atoms with Gasteiger partial charge in [-0.2, -0.15) is 8.75 Å². The molecule has 0 radical (unpaired) electrons. The number of aliphatic hydroxyl groups is 1. The molecule has 1 heterocycles. The molecule has 0 spiro atoms. The third-order valence-electron chi connectivity index (χ3n) is 3.48. The van der Waals surface area contributed by atoms with E-state index in [0.717, 1.165) is 37.0 Å². The standard InChI is InChI=1S/C12H15N3OS/c16-8-12(4-5-12)7-13-6-9-2-1-3-10-11(9)15-17-14-10/h1-3,13,16H,4-8H2. The van der Waals surface area contributed by atoms with Gasteiger partial charge in [0.05, 0.1) is 11.7 Å². The number of hydrogen-bond donors (Lipinski definition) is 2. The van der Waals surface area contributed by atoms with Crippen molar-refractivity contribution in [3.05, 3.63) is 23.8 Å². The Morgan fingerprint density at radius 3 is 3.00 bits per heavy atom. The van der Waals surface area contributed by atoms with Gasteiger partial charge in [-0.15, -0.1) is 0 Å². The first-order valence-electron chi connectivity index (χ1n) is 5.85. The van der Waals surface area contributed by atoms with E-state index >= 15 is 0 Å². The fourth-order valence-corrected chi connectivity index (χ4v) is 2.60. The predicted molar refractivity (Wildman–Crippen MR) is 67.9 cm³/mol. The van der Waals surface area contributed by atoms with Gasteiger partial charge < -0.3 is 10.4 Å². The van der Waals surface area contributed by atoms with Crippen LogP contribution in [0.25, 0.3) is 11.0 Å². The van der Waals surface area contributed by atoms with Crippen LogP contribution in [0.4, 0.5) is 0 Å². The Morgan fingerprint density at radius 2 is 2.24 bits per heavy atom. The van der Waals surface area contributed by atoms with Crippen molar-refractivity contribution in [3.8, 4) is 0 Å². The Labute approximate surface area is 104 Å². The second-order valence-electron chi connectivity index (χ2n) is 4.81. The minimum absolute atomic E-state index is 0.161. The lowest BCUT2D eigenvalue weighted by atomic mass is 10.1. The summed E-state index contributed by atoms with van der Waals surface area (Å²) >= 11 is 1.26. The van der Waals surface area contributed by atoms with Crippen molar-refractivity contribution in [1.29, 1.82) is 0 Å². The fourth-order valence-electron chi connectivity index (χ4n) is 2.03. The summed E-state index contributed by atoms with van der Waals surface area (Å²) in [6.45, 7) is 1.98. The molecule has 0 unspecified atom stereocenters. The van der Waals surface area contributed by atoms with Crippen LogP contribution in [0.2, 0.25) is 0 Å². The molecular formula is C12H15N3OS. The van der Waals surface area contributed by atoms with Gasteiger partial charge in [0.1, 0.15) is 11.0 Å². The summed E-state index contributed by atoms with van der Waals surface area (Å²) in [4.78, 5) is 0. The van der Waals surface area contributed by atoms with E-state index in [2.05, 4.69) is 20.1 Å². The van der Waals surface area contributed by atoms with Crippen LogP contribution >= 0.6 is 11.7 Å². The number of aromatic nitrogens is 2. The molecule has 2 aromatic rings. The summed E-state index contributed by atoms with van der Waals surface area (Å²) in [7, 11) is 0. The maximum Gasteiger partial charge on any atom is 0.109 e. The van der Waals surface area contributed by atoms with Crippen molar-refractivity contribution in [1.82, 2.24) is 14.1 Å². The minimum atomic E-state index is 0.161. The van der Waals surface area contributed by atoms with Gasteiger partial charge in [-0.25, -0.2) is 0 Å². The van der Waals surface area contributed by atoms with Crippen molar-refractivity contribution >= 4 is 22.8 Å². The molecule has 1 aliphatic rings. The Hall–Kier alpha value is -1.04. The molecule has 2 N–H and O–H groups in total. The third kappa shape index (κ3) is 2.18. The van der Waals surface area contributed by atoms with E-state index < -0.39 is 0 Å². The summed E-state index contributed by atoms with van der Waals surface area (Å²) < 4.78 is 8.54. The number of rotatable bonds is 5. The quantitative estimate of drug-likeness (QED) is 0.844. The lowest BCUT2D eigenvalue weighted by Crippen LogP contribution is -2.26. The molecule has 5 heteroatoms. The topological polar surface area (TPSA) is 58.0 Å². The maximum atomic E-state index is 9.23. The van der Waals surface area contributed by atoms with E-state index in [-0.39, 0.29) is 5.41 Å². The first kappa shape index (κ1) is 11.1. The van der Waals surface area contributed by atoms with Crippen LogP contribution in [0.15, 0.2) is 18.2 Å². The smallest absolute Gasteiger partial charge is 0.109 e. The highest BCUT2D eigenvalue weighted by atomic mass is 32.1. The zero-order chi connectivity index (χ0) is 11.7. The molecule has 1 aromatic heterocycles. The van der Waals surface area contributed by atoms with Gasteiger partial charge in [-0.3, -0.25) is 0 Å².